The zero-order chi connectivity index (χ0) is 11.5. The predicted molar refractivity (Wildman–Crippen MR) is 61.1 cm³/mol. The smallest absolute Gasteiger partial charge is 0.308 e. The molecule has 1 aromatic carbocycles. The maximum atomic E-state index is 10.8. The van der Waals surface area contributed by atoms with E-state index in [0.29, 0.717) is 5.75 Å². The molecule has 1 heterocycles. The number of hydrogen-bond acceptors (Lipinski definition) is 4. The zero-order valence-electron chi connectivity index (χ0n) is 8.48. The maximum absolute atomic E-state index is 10.8. The number of fused-ring (bicyclic) bond motifs is 1. The van der Waals surface area contributed by atoms with Crippen molar-refractivity contribution in [2.75, 3.05) is 0 Å². The molecule has 0 amide bonds. The standard InChI is InChI=1S/C11H8N2O2S/c1-7(14)15-8-2-3-10-9(4-8)11(5-13-10)16-6-12/h2-5,13H,1H3. The van der Waals surface area contributed by atoms with Gasteiger partial charge in [0.1, 0.15) is 11.2 Å². The van der Waals surface area contributed by atoms with Crippen LogP contribution in [0.25, 0.3) is 10.9 Å². The zero-order valence-corrected chi connectivity index (χ0v) is 9.30. The molecule has 1 N–H and O–H groups in total. The summed E-state index contributed by atoms with van der Waals surface area (Å²) in [5.74, 6) is 0.128. The lowest BCUT2D eigenvalue weighted by Gasteiger charge is -2.01. The first-order chi connectivity index (χ1) is 7.70. The number of hydrogen-bond donors (Lipinski definition) is 1. The number of nitriles is 1. The summed E-state index contributed by atoms with van der Waals surface area (Å²) in [4.78, 5) is 14.7. The second-order valence-corrected chi connectivity index (χ2v) is 3.97. The maximum Gasteiger partial charge on any atom is 0.308 e. The molecule has 0 bridgehead atoms. The largest absolute Gasteiger partial charge is 0.427 e. The number of nitrogens with zero attached hydrogens (tertiary/aromatic N) is 1. The van der Waals surface area contributed by atoms with Crippen LogP contribution in [0.1, 0.15) is 6.92 Å². The molecule has 0 aliphatic rings. The van der Waals surface area contributed by atoms with Crippen LogP contribution >= 0.6 is 11.8 Å². The van der Waals surface area contributed by atoms with E-state index in [2.05, 4.69) is 4.98 Å². The van der Waals surface area contributed by atoms with Crippen molar-refractivity contribution in [1.29, 1.82) is 5.26 Å². The first-order valence-electron chi connectivity index (χ1n) is 4.56. The highest BCUT2D eigenvalue weighted by Gasteiger charge is 2.06. The molecule has 5 heteroatoms. The van der Waals surface area contributed by atoms with Gasteiger partial charge in [-0.05, 0) is 30.0 Å². The highest BCUT2D eigenvalue weighted by Crippen LogP contribution is 2.30. The van der Waals surface area contributed by atoms with E-state index in [1.54, 1.807) is 18.3 Å². The van der Waals surface area contributed by atoms with Crippen LogP contribution in [0.2, 0.25) is 0 Å². The Kier molecular flexibility index (Phi) is 2.84. The minimum absolute atomic E-state index is 0.357. The Morgan fingerprint density at radius 2 is 2.38 bits per heavy atom. The number of carbonyl (C=O) groups excluding carboxylic acids is 1. The molecule has 0 fully saturated rings. The van der Waals surface area contributed by atoms with Gasteiger partial charge in [0.05, 0.1) is 0 Å². The molecule has 16 heavy (non-hydrogen) atoms. The number of H-pyrrole nitrogens is 1. The number of nitrogens with one attached hydrogen (secondary N) is 1. The fourth-order valence-electron chi connectivity index (χ4n) is 1.44. The number of esters is 1. The van der Waals surface area contributed by atoms with Gasteiger partial charge in [0, 0.05) is 28.9 Å². The van der Waals surface area contributed by atoms with Crippen molar-refractivity contribution in [1.82, 2.24) is 4.98 Å². The molecule has 2 aromatic rings. The predicted octanol–water partition coefficient (Wildman–Crippen LogP) is 2.67. The number of carbonyl (C=O) groups is 1. The Morgan fingerprint density at radius 1 is 1.56 bits per heavy atom. The minimum atomic E-state index is -0.357. The second-order valence-electron chi connectivity index (χ2n) is 3.15. The average molecular weight is 232 g/mol. The molecule has 1 aromatic heterocycles. The molecule has 4 nitrogen and oxygen atoms in total. The third kappa shape index (κ3) is 2.02. The lowest BCUT2D eigenvalue weighted by Crippen LogP contribution is -2.00. The summed E-state index contributed by atoms with van der Waals surface area (Å²) in [6, 6.07) is 5.27. The van der Waals surface area contributed by atoms with Crippen molar-refractivity contribution in [2.24, 2.45) is 0 Å². The van der Waals surface area contributed by atoms with E-state index < -0.39 is 0 Å². The fraction of sp³-hybridized carbons (Fsp3) is 0.0909. The normalized spacial score (nSPS) is 10.0. The average Bonchev–Trinajstić information content (AvgIpc) is 2.61. The Labute approximate surface area is 96.2 Å². The highest BCUT2D eigenvalue weighted by atomic mass is 32.2. The number of rotatable bonds is 2. The van der Waals surface area contributed by atoms with Crippen LogP contribution in [-0.2, 0) is 4.79 Å². The van der Waals surface area contributed by atoms with Crippen molar-refractivity contribution < 1.29 is 9.53 Å². The van der Waals surface area contributed by atoms with Gasteiger partial charge in [0.2, 0.25) is 0 Å². The molecule has 2 rings (SSSR count). The quantitative estimate of drug-likeness (QED) is 0.374. The SMILES string of the molecule is CC(=O)Oc1ccc2[nH]cc(SC#N)c2c1. The fourth-order valence-corrected chi connectivity index (χ4v) is 1.93. The number of aromatic amines is 1. The van der Waals surface area contributed by atoms with Crippen LogP contribution in [0, 0.1) is 10.7 Å². The van der Waals surface area contributed by atoms with E-state index in [4.69, 9.17) is 10.00 Å². The lowest BCUT2D eigenvalue weighted by molar-refractivity contribution is -0.131. The van der Waals surface area contributed by atoms with Gasteiger partial charge in [-0.2, -0.15) is 5.26 Å². The molecule has 0 unspecified atom stereocenters. The van der Waals surface area contributed by atoms with Gasteiger partial charge in [-0.3, -0.25) is 4.79 Å². The van der Waals surface area contributed by atoms with E-state index in [9.17, 15) is 4.79 Å². The van der Waals surface area contributed by atoms with Crippen LogP contribution in [-0.4, -0.2) is 11.0 Å². The molecule has 0 spiro atoms. The summed E-state index contributed by atoms with van der Waals surface area (Å²) in [6.45, 7) is 1.35. The van der Waals surface area contributed by atoms with E-state index in [1.165, 1.54) is 6.92 Å². The van der Waals surface area contributed by atoms with Crippen molar-refractivity contribution in [3.8, 4) is 11.2 Å². The van der Waals surface area contributed by atoms with Crippen LogP contribution in [0.15, 0.2) is 29.3 Å². The molecular weight excluding hydrogens is 224 g/mol. The Bertz CT molecular complexity index is 583. The first-order valence-corrected chi connectivity index (χ1v) is 5.38. The van der Waals surface area contributed by atoms with Crippen LogP contribution in [0.4, 0.5) is 0 Å². The van der Waals surface area contributed by atoms with Gasteiger partial charge in [-0.1, -0.05) is 0 Å². The minimum Gasteiger partial charge on any atom is -0.427 e. The molecule has 80 valence electrons. The van der Waals surface area contributed by atoms with Gasteiger partial charge in [-0.15, -0.1) is 0 Å². The molecule has 0 radical (unpaired) electrons. The Hall–Kier alpha value is -1.93. The molecule has 0 atom stereocenters. The second kappa shape index (κ2) is 4.29. The van der Waals surface area contributed by atoms with Crippen molar-refractivity contribution in [3.05, 3.63) is 24.4 Å². The summed E-state index contributed by atoms with van der Waals surface area (Å²) in [6.07, 6.45) is 1.76. The summed E-state index contributed by atoms with van der Waals surface area (Å²) < 4.78 is 4.98. The first kappa shape index (κ1) is 10.6. The van der Waals surface area contributed by atoms with Gasteiger partial charge < -0.3 is 9.72 Å². The van der Waals surface area contributed by atoms with Crippen molar-refractivity contribution in [3.63, 3.8) is 0 Å². The molecule has 0 saturated heterocycles. The van der Waals surface area contributed by atoms with Gasteiger partial charge in [0.25, 0.3) is 0 Å². The number of thioether (sulfide) groups is 1. The third-order valence-electron chi connectivity index (χ3n) is 2.03. The van der Waals surface area contributed by atoms with E-state index >= 15 is 0 Å². The molecule has 0 aliphatic heterocycles. The van der Waals surface area contributed by atoms with Crippen molar-refractivity contribution >= 4 is 28.6 Å². The van der Waals surface area contributed by atoms with Gasteiger partial charge in [0.15, 0.2) is 0 Å². The number of ether oxygens (including phenoxy) is 1. The van der Waals surface area contributed by atoms with Crippen LogP contribution in [0.3, 0.4) is 0 Å². The summed E-state index contributed by atoms with van der Waals surface area (Å²) in [5, 5.41) is 11.5. The van der Waals surface area contributed by atoms with E-state index in [1.807, 2.05) is 11.5 Å². The van der Waals surface area contributed by atoms with Crippen LogP contribution < -0.4 is 4.74 Å². The van der Waals surface area contributed by atoms with Crippen LogP contribution in [0.5, 0.6) is 5.75 Å². The molecule has 0 aliphatic carbocycles. The van der Waals surface area contributed by atoms with Gasteiger partial charge >= 0.3 is 5.97 Å². The number of thiocyanates is 1. The molecule has 0 saturated carbocycles. The molecular formula is C11H8N2O2S. The highest BCUT2D eigenvalue weighted by molar-refractivity contribution is 8.04. The number of benzene rings is 1. The number of aromatic nitrogens is 1. The summed E-state index contributed by atoms with van der Waals surface area (Å²) in [7, 11) is 0. The van der Waals surface area contributed by atoms with E-state index in [0.717, 1.165) is 27.6 Å². The summed E-state index contributed by atoms with van der Waals surface area (Å²) in [5.41, 5.74) is 0.911. The topological polar surface area (TPSA) is 65.9 Å². The summed E-state index contributed by atoms with van der Waals surface area (Å²) >= 11 is 1.07. The van der Waals surface area contributed by atoms with E-state index in [-0.39, 0.29) is 5.97 Å². The Balaban J connectivity index is 2.46. The monoisotopic (exact) mass is 232 g/mol. The lowest BCUT2D eigenvalue weighted by atomic mass is 10.2. The van der Waals surface area contributed by atoms with Crippen molar-refractivity contribution in [2.45, 2.75) is 11.8 Å². The third-order valence-corrected chi connectivity index (χ3v) is 2.68. The Morgan fingerprint density at radius 3 is 3.06 bits per heavy atom. The van der Waals surface area contributed by atoms with Gasteiger partial charge in [-0.25, -0.2) is 0 Å².